The molecule has 15 heteroatoms. The predicted octanol–water partition coefficient (Wildman–Crippen LogP) is -0.226. The molecule has 0 fully saturated rings. The van der Waals surface area contributed by atoms with Crippen molar-refractivity contribution < 1.29 is 33.1 Å². The molecular formula is C8H6N4O10S. The maximum Gasteiger partial charge on any atom is 0.318 e. The number of carboxylic acid groups (broad SMARTS) is 1. The molecule has 1 aromatic rings. The van der Waals surface area contributed by atoms with E-state index >= 15 is 0 Å². The molecule has 1 aromatic carbocycles. The molecule has 0 bridgehead atoms. The Morgan fingerprint density at radius 2 is 1.48 bits per heavy atom. The quantitative estimate of drug-likeness (QED) is 0.486. The molecule has 1 rings (SSSR count). The number of nitrogens with zero attached hydrogens (tertiary/aromatic N) is 3. The number of benzene rings is 1. The van der Waals surface area contributed by atoms with Crippen LogP contribution in [0.4, 0.5) is 17.1 Å². The molecule has 0 aliphatic carbocycles. The summed E-state index contributed by atoms with van der Waals surface area (Å²) < 4.78 is 25.2. The Bertz CT molecular complexity index is 781. The number of hydrogen-bond donors (Lipinski definition) is 2. The van der Waals surface area contributed by atoms with E-state index in [2.05, 4.69) is 0 Å². The van der Waals surface area contributed by atoms with E-state index < -0.39 is 59.3 Å². The second-order valence-electron chi connectivity index (χ2n) is 3.80. The highest BCUT2D eigenvalue weighted by molar-refractivity contribution is 7.89. The van der Waals surface area contributed by atoms with Crippen LogP contribution >= 0.6 is 0 Å². The molecule has 2 N–H and O–H groups in total. The smallest absolute Gasteiger partial charge is 0.318 e. The van der Waals surface area contributed by atoms with E-state index in [1.165, 1.54) is 4.72 Å². The lowest BCUT2D eigenvalue weighted by Crippen LogP contribution is -2.30. The summed E-state index contributed by atoms with van der Waals surface area (Å²) in [5, 5.41) is 40.9. The van der Waals surface area contributed by atoms with Crippen LogP contribution in [0.1, 0.15) is 0 Å². The van der Waals surface area contributed by atoms with Gasteiger partial charge in [0.15, 0.2) is 0 Å². The first-order valence-corrected chi connectivity index (χ1v) is 6.78. The summed E-state index contributed by atoms with van der Waals surface area (Å²) in [5.74, 6) is -1.65. The van der Waals surface area contributed by atoms with Crippen LogP contribution in [-0.2, 0) is 14.8 Å². The number of sulfonamides is 1. The number of nitro groups is 3. The first-order chi connectivity index (χ1) is 10.5. The minimum atomic E-state index is -4.99. The van der Waals surface area contributed by atoms with Crippen LogP contribution in [0.25, 0.3) is 0 Å². The van der Waals surface area contributed by atoms with E-state index in [9.17, 15) is 43.6 Å². The fraction of sp³-hybridized carbons (Fsp3) is 0.125. The Morgan fingerprint density at radius 1 is 1.04 bits per heavy atom. The van der Waals surface area contributed by atoms with Crippen molar-refractivity contribution in [2.75, 3.05) is 6.54 Å². The summed E-state index contributed by atoms with van der Waals surface area (Å²) in [6, 6.07) is 0.449. The number of carbonyl (C=O) groups is 1. The Kier molecular flexibility index (Phi) is 4.87. The van der Waals surface area contributed by atoms with Gasteiger partial charge < -0.3 is 5.11 Å². The Hall–Kier alpha value is -3.20. The second-order valence-corrected chi connectivity index (χ2v) is 5.51. The van der Waals surface area contributed by atoms with Crippen LogP contribution in [0.3, 0.4) is 0 Å². The van der Waals surface area contributed by atoms with Crippen LogP contribution in [0.15, 0.2) is 17.0 Å². The van der Waals surface area contributed by atoms with Gasteiger partial charge in [0.25, 0.3) is 15.7 Å². The number of rotatable bonds is 7. The van der Waals surface area contributed by atoms with Crippen molar-refractivity contribution in [1.29, 1.82) is 0 Å². The molecule has 14 nitrogen and oxygen atoms in total. The van der Waals surface area contributed by atoms with Gasteiger partial charge in [-0.25, -0.2) is 8.42 Å². The fourth-order valence-electron chi connectivity index (χ4n) is 1.47. The third-order valence-corrected chi connectivity index (χ3v) is 3.80. The van der Waals surface area contributed by atoms with Crippen LogP contribution in [0.5, 0.6) is 0 Å². The maximum absolute atomic E-state index is 11.9. The lowest BCUT2D eigenvalue weighted by molar-refractivity contribution is -0.407. The number of nitro benzene ring substituents is 3. The average Bonchev–Trinajstić information content (AvgIpc) is 2.43. The SMILES string of the molecule is O=C(O)CNS(=O)(=O)c1c([N+](=O)[O-])cc([N+](=O)[O-])cc1[N+](=O)[O-]. The van der Waals surface area contributed by atoms with Crippen molar-refractivity contribution in [3.8, 4) is 0 Å². The predicted molar refractivity (Wildman–Crippen MR) is 69.2 cm³/mol. The normalized spacial score (nSPS) is 11.0. The van der Waals surface area contributed by atoms with Gasteiger partial charge in [0.05, 0.1) is 26.9 Å². The first kappa shape index (κ1) is 17.9. The number of nitrogens with one attached hydrogen (secondary N) is 1. The van der Waals surface area contributed by atoms with Gasteiger partial charge in [0.1, 0.15) is 6.54 Å². The molecule has 0 unspecified atom stereocenters. The Balaban J connectivity index is 3.74. The van der Waals surface area contributed by atoms with E-state index in [0.717, 1.165) is 0 Å². The van der Waals surface area contributed by atoms with Crippen molar-refractivity contribution in [2.45, 2.75) is 4.90 Å². The van der Waals surface area contributed by atoms with Gasteiger partial charge in [-0.3, -0.25) is 35.1 Å². The van der Waals surface area contributed by atoms with Gasteiger partial charge in [0.2, 0.25) is 4.90 Å². The van der Waals surface area contributed by atoms with E-state index in [0.29, 0.717) is 0 Å². The molecule has 0 heterocycles. The summed E-state index contributed by atoms with van der Waals surface area (Å²) in [7, 11) is -4.99. The highest BCUT2D eigenvalue weighted by Gasteiger charge is 2.38. The van der Waals surface area contributed by atoms with Gasteiger partial charge in [-0.2, -0.15) is 4.72 Å². The number of non-ortho nitro benzene ring substituents is 1. The zero-order valence-corrected chi connectivity index (χ0v) is 11.5. The molecule has 0 aliphatic rings. The van der Waals surface area contributed by atoms with Crippen molar-refractivity contribution in [3.05, 3.63) is 42.5 Å². The molecule has 0 radical (unpaired) electrons. The third-order valence-electron chi connectivity index (χ3n) is 2.32. The summed E-state index contributed by atoms with van der Waals surface area (Å²) in [6.07, 6.45) is 0. The number of hydrogen-bond acceptors (Lipinski definition) is 9. The molecule has 0 saturated heterocycles. The molecular weight excluding hydrogens is 344 g/mol. The van der Waals surface area contributed by atoms with Crippen molar-refractivity contribution >= 4 is 33.1 Å². The summed E-state index contributed by atoms with van der Waals surface area (Å²) in [6.45, 7) is -1.20. The summed E-state index contributed by atoms with van der Waals surface area (Å²) in [5.41, 5.74) is -3.92. The molecule has 124 valence electrons. The molecule has 0 spiro atoms. The summed E-state index contributed by atoms with van der Waals surface area (Å²) in [4.78, 5) is 37.5. The third kappa shape index (κ3) is 3.92. The molecule has 0 saturated carbocycles. The fourth-order valence-corrected chi connectivity index (χ4v) is 2.74. The van der Waals surface area contributed by atoms with E-state index in [-0.39, 0.29) is 12.1 Å². The van der Waals surface area contributed by atoms with Crippen LogP contribution in [0, 0.1) is 30.3 Å². The van der Waals surface area contributed by atoms with Gasteiger partial charge >= 0.3 is 17.3 Å². The van der Waals surface area contributed by atoms with Crippen molar-refractivity contribution in [3.63, 3.8) is 0 Å². The van der Waals surface area contributed by atoms with E-state index in [4.69, 9.17) is 5.11 Å². The summed E-state index contributed by atoms with van der Waals surface area (Å²) >= 11 is 0. The minimum Gasteiger partial charge on any atom is -0.480 e. The van der Waals surface area contributed by atoms with Crippen molar-refractivity contribution in [2.24, 2.45) is 0 Å². The molecule has 0 aromatic heterocycles. The van der Waals surface area contributed by atoms with Gasteiger partial charge in [0, 0.05) is 0 Å². The standard InChI is InChI=1S/C8H6N4O10S/c13-7(14)3-9-23(21,22)8-5(11(17)18)1-4(10(15)16)2-6(8)12(19)20/h1-2,9H,3H2,(H,13,14). The number of carboxylic acids is 1. The lowest BCUT2D eigenvalue weighted by atomic mass is 10.2. The first-order valence-electron chi connectivity index (χ1n) is 5.30. The monoisotopic (exact) mass is 350 g/mol. The second kappa shape index (κ2) is 6.28. The van der Waals surface area contributed by atoms with Crippen LogP contribution < -0.4 is 4.72 Å². The lowest BCUT2D eigenvalue weighted by Gasteiger charge is -2.06. The molecule has 0 atom stereocenters. The highest BCUT2D eigenvalue weighted by Crippen LogP contribution is 2.36. The highest BCUT2D eigenvalue weighted by atomic mass is 32.2. The van der Waals surface area contributed by atoms with Gasteiger partial charge in [-0.15, -0.1) is 0 Å². The molecule has 23 heavy (non-hydrogen) atoms. The van der Waals surface area contributed by atoms with Crippen LogP contribution in [0.2, 0.25) is 0 Å². The molecule has 0 amide bonds. The maximum atomic E-state index is 11.9. The topological polar surface area (TPSA) is 213 Å². The minimum absolute atomic E-state index is 0.225. The van der Waals surface area contributed by atoms with E-state index in [1.54, 1.807) is 0 Å². The zero-order valence-electron chi connectivity index (χ0n) is 10.7. The van der Waals surface area contributed by atoms with Gasteiger partial charge in [-0.1, -0.05) is 0 Å². The number of aliphatic carboxylic acids is 1. The van der Waals surface area contributed by atoms with Crippen LogP contribution in [-0.4, -0.2) is 40.8 Å². The zero-order chi connectivity index (χ0) is 17.9. The van der Waals surface area contributed by atoms with E-state index in [1.807, 2.05) is 0 Å². The van der Waals surface area contributed by atoms with Gasteiger partial charge in [-0.05, 0) is 0 Å². The molecule has 0 aliphatic heterocycles. The largest absolute Gasteiger partial charge is 0.480 e. The van der Waals surface area contributed by atoms with Crippen molar-refractivity contribution in [1.82, 2.24) is 4.72 Å². The Labute approximate surface area is 125 Å². The average molecular weight is 350 g/mol. The Morgan fingerprint density at radius 3 is 1.78 bits per heavy atom.